The summed E-state index contributed by atoms with van der Waals surface area (Å²) in [7, 11) is 0. The predicted octanol–water partition coefficient (Wildman–Crippen LogP) is 3.71. The number of benzene rings is 1. The first-order valence-corrected chi connectivity index (χ1v) is 9.86. The van der Waals surface area contributed by atoms with Crippen molar-refractivity contribution in [3.63, 3.8) is 0 Å². The summed E-state index contributed by atoms with van der Waals surface area (Å²) in [6, 6.07) is 8.57. The zero-order chi connectivity index (χ0) is 19.0. The van der Waals surface area contributed by atoms with Crippen LogP contribution in [0.3, 0.4) is 0 Å². The van der Waals surface area contributed by atoms with Crippen LogP contribution in [0.1, 0.15) is 56.3 Å². The molecule has 0 aliphatic carbocycles. The third kappa shape index (κ3) is 4.73. The Morgan fingerprint density at radius 3 is 2.82 bits per heavy atom. The van der Waals surface area contributed by atoms with Crippen LogP contribution in [0.15, 0.2) is 28.8 Å². The first-order chi connectivity index (χ1) is 12.9. The maximum Gasteiger partial charge on any atom is 0.253 e. The van der Waals surface area contributed by atoms with Crippen molar-refractivity contribution < 1.29 is 9.32 Å². The van der Waals surface area contributed by atoms with Gasteiger partial charge in [-0.1, -0.05) is 38.1 Å². The minimum Gasteiger partial charge on any atom is -0.339 e. The van der Waals surface area contributed by atoms with Crippen molar-refractivity contribution in [2.45, 2.75) is 58.5 Å². The van der Waals surface area contributed by atoms with Crippen LogP contribution in [-0.2, 0) is 6.42 Å². The third-order valence-corrected chi connectivity index (χ3v) is 5.33. The molecule has 2 atom stereocenters. The molecule has 1 amide bonds. The molecule has 2 saturated heterocycles. The van der Waals surface area contributed by atoms with Crippen molar-refractivity contribution in [3.05, 3.63) is 35.7 Å². The topological polar surface area (TPSA) is 71.3 Å². The molecule has 2 aromatic rings. The van der Waals surface area contributed by atoms with E-state index in [2.05, 4.69) is 36.2 Å². The van der Waals surface area contributed by atoms with E-state index >= 15 is 0 Å². The maximum absolute atomic E-state index is 13.0. The van der Waals surface area contributed by atoms with Crippen LogP contribution in [0.2, 0.25) is 0 Å². The summed E-state index contributed by atoms with van der Waals surface area (Å²) in [5.41, 5.74) is 1.59. The number of hydrogen-bond donors (Lipinski definition) is 1. The molecule has 152 valence electrons. The summed E-state index contributed by atoms with van der Waals surface area (Å²) in [5.74, 6) is 1.26. The number of nitrogens with one attached hydrogen (secondary N) is 1. The van der Waals surface area contributed by atoms with Gasteiger partial charge < -0.3 is 14.7 Å². The number of carbonyl (C=O) groups is 1. The molecule has 1 aromatic carbocycles. The van der Waals surface area contributed by atoms with Gasteiger partial charge in [-0.2, -0.15) is 4.98 Å². The molecule has 28 heavy (non-hydrogen) atoms. The molecule has 4 rings (SSSR count). The Hall–Kier alpha value is -1.92. The highest BCUT2D eigenvalue weighted by Crippen LogP contribution is 2.25. The molecule has 1 N–H and O–H groups in total. The molecule has 7 heteroatoms. The van der Waals surface area contributed by atoms with E-state index in [1.54, 1.807) is 0 Å². The van der Waals surface area contributed by atoms with Gasteiger partial charge in [-0.05, 0) is 36.8 Å². The lowest BCUT2D eigenvalue weighted by Crippen LogP contribution is -2.39. The lowest BCUT2D eigenvalue weighted by Gasteiger charge is -2.24. The summed E-state index contributed by atoms with van der Waals surface area (Å²) in [6.45, 7) is 8.02. The number of fused-ring (bicyclic) bond motifs is 2. The van der Waals surface area contributed by atoms with E-state index in [1.807, 2.05) is 29.2 Å². The third-order valence-electron chi connectivity index (χ3n) is 5.33. The molecule has 2 aliphatic heterocycles. The van der Waals surface area contributed by atoms with Crippen LogP contribution >= 0.6 is 12.4 Å². The second-order valence-electron chi connectivity index (χ2n) is 9.01. The van der Waals surface area contributed by atoms with Crippen molar-refractivity contribution in [1.29, 1.82) is 0 Å². The Labute approximate surface area is 172 Å². The minimum absolute atomic E-state index is 0. The summed E-state index contributed by atoms with van der Waals surface area (Å²) < 4.78 is 5.40. The van der Waals surface area contributed by atoms with Gasteiger partial charge in [-0.3, -0.25) is 4.79 Å². The summed E-state index contributed by atoms with van der Waals surface area (Å²) in [6.07, 6.45) is 4.15. The maximum atomic E-state index is 13.0. The predicted molar refractivity (Wildman–Crippen MR) is 111 cm³/mol. The van der Waals surface area contributed by atoms with Crippen LogP contribution in [0, 0.1) is 5.41 Å². The minimum atomic E-state index is 0. The van der Waals surface area contributed by atoms with Crippen LogP contribution in [0.5, 0.6) is 0 Å². The molecular formula is C21H29ClN4O2. The van der Waals surface area contributed by atoms with Gasteiger partial charge in [0.1, 0.15) is 0 Å². The van der Waals surface area contributed by atoms with Gasteiger partial charge in [0.05, 0.1) is 0 Å². The lowest BCUT2D eigenvalue weighted by molar-refractivity contribution is 0.0748. The molecule has 1 aromatic heterocycles. The normalized spacial score (nSPS) is 21.9. The number of halogens is 1. The molecule has 0 spiro atoms. The molecule has 0 radical (unpaired) electrons. The van der Waals surface area contributed by atoms with Gasteiger partial charge in [0.15, 0.2) is 0 Å². The van der Waals surface area contributed by atoms with Crippen molar-refractivity contribution in [2.75, 3.05) is 13.1 Å². The fraction of sp³-hybridized carbons (Fsp3) is 0.571. The zero-order valence-corrected chi connectivity index (χ0v) is 17.6. The Kier molecular flexibility index (Phi) is 6.10. The molecule has 2 bridgehead atoms. The zero-order valence-electron chi connectivity index (χ0n) is 16.8. The molecule has 2 aliphatic rings. The standard InChI is InChI=1S/C21H28N4O2.ClH/c1-21(2,3)12-18-23-19(24-27-18)14-5-4-6-15(11-14)20(26)25-10-9-16-7-8-17(13-25)22-16;/h4-6,11,16-17,22H,7-10,12-13H2,1-3H3;1H. The highest BCUT2D eigenvalue weighted by molar-refractivity contribution is 5.95. The Balaban J connectivity index is 0.00000225. The largest absolute Gasteiger partial charge is 0.339 e. The fourth-order valence-corrected chi connectivity index (χ4v) is 4.00. The van der Waals surface area contributed by atoms with E-state index in [1.165, 1.54) is 6.42 Å². The molecule has 2 unspecified atom stereocenters. The second-order valence-corrected chi connectivity index (χ2v) is 9.01. The Morgan fingerprint density at radius 2 is 2.04 bits per heavy atom. The van der Waals surface area contributed by atoms with E-state index in [4.69, 9.17) is 4.52 Å². The summed E-state index contributed by atoms with van der Waals surface area (Å²) in [4.78, 5) is 19.5. The Morgan fingerprint density at radius 1 is 1.25 bits per heavy atom. The monoisotopic (exact) mass is 404 g/mol. The van der Waals surface area contributed by atoms with Gasteiger partial charge >= 0.3 is 0 Å². The van der Waals surface area contributed by atoms with E-state index in [0.717, 1.165) is 37.9 Å². The highest BCUT2D eigenvalue weighted by Gasteiger charge is 2.31. The van der Waals surface area contributed by atoms with E-state index in [-0.39, 0.29) is 23.7 Å². The Bertz CT molecular complexity index is 830. The molecule has 0 saturated carbocycles. The molecule has 2 fully saturated rings. The van der Waals surface area contributed by atoms with Crippen LogP contribution in [0.25, 0.3) is 11.4 Å². The molecule has 3 heterocycles. The number of carbonyl (C=O) groups excluding carboxylic acids is 1. The van der Waals surface area contributed by atoms with Crippen LogP contribution in [0.4, 0.5) is 0 Å². The van der Waals surface area contributed by atoms with Crippen molar-refractivity contribution in [1.82, 2.24) is 20.4 Å². The number of aromatic nitrogens is 2. The van der Waals surface area contributed by atoms with Crippen LogP contribution < -0.4 is 5.32 Å². The molecule has 6 nitrogen and oxygen atoms in total. The smallest absolute Gasteiger partial charge is 0.253 e. The van der Waals surface area contributed by atoms with Crippen molar-refractivity contribution in [3.8, 4) is 11.4 Å². The number of likely N-dealkylation sites (tertiary alicyclic amines) is 1. The number of rotatable bonds is 3. The fourth-order valence-electron chi connectivity index (χ4n) is 4.00. The van der Waals surface area contributed by atoms with Gasteiger partial charge in [0, 0.05) is 42.7 Å². The SMILES string of the molecule is CC(C)(C)Cc1nc(-c2cccc(C(=O)N3CCC4CCC(C3)N4)c2)no1.Cl. The average Bonchev–Trinajstić information content (AvgIpc) is 3.19. The van der Waals surface area contributed by atoms with Crippen molar-refractivity contribution in [2.24, 2.45) is 5.41 Å². The van der Waals surface area contributed by atoms with Gasteiger partial charge in [0.25, 0.3) is 5.91 Å². The number of nitrogens with zero attached hydrogens (tertiary/aromatic N) is 3. The first kappa shape index (κ1) is 20.8. The van der Waals surface area contributed by atoms with E-state index in [0.29, 0.717) is 29.4 Å². The van der Waals surface area contributed by atoms with E-state index < -0.39 is 0 Å². The molecular weight excluding hydrogens is 376 g/mol. The second kappa shape index (κ2) is 8.21. The average molecular weight is 405 g/mol. The quantitative estimate of drug-likeness (QED) is 0.844. The van der Waals surface area contributed by atoms with Gasteiger partial charge in [-0.25, -0.2) is 0 Å². The summed E-state index contributed by atoms with van der Waals surface area (Å²) in [5, 5.41) is 7.73. The highest BCUT2D eigenvalue weighted by atomic mass is 35.5. The van der Waals surface area contributed by atoms with Crippen molar-refractivity contribution >= 4 is 18.3 Å². The number of amides is 1. The summed E-state index contributed by atoms with van der Waals surface area (Å²) >= 11 is 0. The van der Waals surface area contributed by atoms with E-state index in [9.17, 15) is 4.79 Å². The van der Waals surface area contributed by atoms with Gasteiger partial charge in [-0.15, -0.1) is 12.4 Å². The first-order valence-electron chi connectivity index (χ1n) is 9.86. The van der Waals surface area contributed by atoms with Crippen LogP contribution in [-0.4, -0.2) is 46.1 Å². The number of hydrogen-bond acceptors (Lipinski definition) is 5. The lowest BCUT2D eigenvalue weighted by atomic mass is 9.92. The van der Waals surface area contributed by atoms with Gasteiger partial charge in [0.2, 0.25) is 11.7 Å².